The minimum absolute atomic E-state index is 0.0105. The first-order valence-electron chi connectivity index (χ1n) is 18.3. The summed E-state index contributed by atoms with van der Waals surface area (Å²) < 4.78 is 19.9. The second-order valence-electron chi connectivity index (χ2n) is 15.6. The zero-order valence-electron chi connectivity index (χ0n) is 31.1. The van der Waals surface area contributed by atoms with Gasteiger partial charge < -0.3 is 39.1 Å². The highest BCUT2D eigenvalue weighted by Gasteiger charge is 2.50. The number of carbonyl (C=O) groups excluding carboxylic acids is 2. The van der Waals surface area contributed by atoms with Gasteiger partial charge in [0.25, 0.3) is 0 Å². The van der Waals surface area contributed by atoms with Crippen molar-refractivity contribution < 1.29 is 23.8 Å². The summed E-state index contributed by atoms with van der Waals surface area (Å²) in [4.78, 5) is 47.5. The number of fused-ring (bicyclic) bond motifs is 2. The van der Waals surface area contributed by atoms with Gasteiger partial charge >= 0.3 is 6.09 Å². The van der Waals surface area contributed by atoms with E-state index in [4.69, 9.17) is 35.8 Å². The normalized spacial score (nSPS) is 23.0. The molecule has 1 N–H and O–H groups in total. The van der Waals surface area contributed by atoms with Crippen molar-refractivity contribution in [2.75, 3.05) is 74.7 Å². The van der Waals surface area contributed by atoms with Gasteiger partial charge in [-0.2, -0.15) is 0 Å². The van der Waals surface area contributed by atoms with Crippen molar-refractivity contribution in [3.63, 3.8) is 0 Å². The molecular weight excluding hydrogens is 664 g/mol. The maximum absolute atomic E-state index is 12.8. The summed E-state index contributed by atoms with van der Waals surface area (Å²) in [5, 5.41) is 8.29. The number of amides is 2. The minimum atomic E-state index is -0.582. The van der Waals surface area contributed by atoms with Crippen LogP contribution in [0.4, 0.5) is 33.5 Å². The van der Waals surface area contributed by atoms with E-state index in [1.807, 2.05) is 55.6 Å². The number of piperidine rings is 1. The molecule has 278 valence electrons. The Morgan fingerprint density at radius 2 is 1.90 bits per heavy atom. The number of alkyl carbamates (subject to hydrolysis) is 1. The van der Waals surface area contributed by atoms with Gasteiger partial charge in [0.1, 0.15) is 11.4 Å². The Kier molecular flexibility index (Phi) is 9.64. The van der Waals surface area contributed by atoms with E-state index in [9.17, 15) is 9.59 Å². The summed E-state index contributed by atoms with van der Waals surface area (Å²) in [6, 6.07) is 5.43. The minimum Gasteiger partial charge on any atom is -0.444 e. The Morgan fingerprint density at radius 3 is 2.60 bits per heavy atom. The van der Waals surface area contributed by atoms with E-state index in [0.717, 1.165) is 62.4 Å². The van der Waals surface area contributed by atoms with Crippen molar-refractivity contribution in [2.24, 2.45) is 5.41 Å². The number of hydrogen-bond acceptors (Lipinski definition) is 11. The Morgan fingerprint density at radius 1 is 1.12 bits per heavy atom. The zero-order chi connectivity index (χ0) is 36.8. The molecule has 0 bridgehead atoms. The summed E-state index contributed by atoms with van der Waals surface area (Å²) in [7, 11) is 3.50. The van der Waals surface area contributed by atoms with Crippen LogP contribution in [0.15, 0.2) is 24.4 Å². The van der Waals surface area contributed by atoms with Crippen LogP contribution in [0.3, 0.4) is 0 Å². The molecule has 3 aromatic rings. The van der Waals surface area contributed by atoms with E-state index < -0.39 is 11.7 Å². The quantitative estimate of drug-likeness (QED) is 0.345. The average molecular weight is 715 g/mol. The van der Waals surface area contributed by atoms with Gasteiger partial charge in [-0.05, 0) is 71.9 Å². The molecule has 2 aromatic heterocycles. The number of ether oxygens (including phenoxy) is 3. The maximum atomic E-state index is 12.8. The van der Waals surface area contributed by atoms with Gasteiger partial charge in [-0.3, -0.25) is 4.79 Å². The van der Waals surface area contributed by atoms with Crippen LogP contribution in [0, 0.1) is 12.0 Å². The lowest BCUT2D eigenvalue weighted by Crippen LogP contribution is -2.55. The molecule has 15 nitrogen and oxygen atoms in total. The van der Waals surface area contributed by atoms with Gasteiger partial charge in [-0.15, -0.1) is 5.10 Å². The molecule has 4 aliphatic heterocycles. The molecule has 1 unspecified atom stereocenters. The Balaban J connectivity index is 1.18. The summed E-state index contributed by atoms with van der Waals surface area (Å²) >= 11 is 0. The molecule has 3 fully saturated rings. The molecule has 1 aromatic carbocycles. The molecule has 15 heteroatoms. The van der Waals surface area contributed by atoms with Crippen LogP contribution in [-0.4, -0.2) is 114 Å². The fraction of sp³-hybridized carbons (Fsp3) is 0.622. The molecule has 2 amide bonds. The second kappa shape index (κ2) is 14.0. The summed E-state index contributed by atoms with van der Waals surface area (Å²) in [5.41, 5.74) is 2.72. The van der Waals surface area contributed by atoms with Crippen molar-refractivity contribution >= 4 is 51.9 Å². The molecule has 6 heterocycles. The molecule has 3 atom stereocenters. The Labute approximate surface area is 305 Å². The first-order valence-corrected chi connectivity index (χ1v) is 18.3. The number of hydrogen-bond donors (Lipinski definition) is 1. The molecule has 0 saturated carbocycles. The molecular formula is C37H50N10O5. The Hall–Kier alpha value is -4.68. The number of likely N-dealkylation sites (N-methyl/N-ethyl adjacent to an activating group) is 1. The van der Waals surface area contributed by atoms with E-state index in [1.54, 1.807) is 25.1 Å². The smallest absolute Gasteiger partial charge is 0.407 e. The highest BCUT2D eigenvalue weighted by atomic mass is 16.6. The number of nitrogens with one attached hydrogen (secondary N) is 1. The van der Waals surface area contributed by atoms with Crippen LogP contribution in [0.25, 0.3) is 16.0 Å². The Bertz CT molecular complexity index is 1850. The van der Waals surface area contributed by atoms with Crippen molar-refractivity contribution in [2.45, 2.75) is 83.8 Å². The highest BCUT2D eigenvalue weighted by molar-refractivity contribution is 5.93. The van der Waals surface area contributed by atoms with Crippen LogP contribution in [0.1, 0.15) is 66.0 Å². The van der Waals surface area contributed by atoms with Crippen LogP contribution in [0.5, 0.6) is 0 Å². The van der Waals surface area contributed by atoms with Gasteiger partial charge in [0, 0.05) is 52.3 Å². The molecule has 1 spiro atoms. The van der Waals surface area contributed by atoms with Crippen LogP contribution in [0.2, 0.25) is 0 Å². The van der Waals surface area contributed by atoms with E-state index in [0.29, 0.717) is 49.0 Å². The zero-order valence-corrected chi connectivity index (χ0v) is 31.1. The van der Waals surface area contributed by atoms with E-state index in [-0.39, 0.29) is 36.2 Å². The van der Waals surface area contributed by atoms with Gasteiger partial charge in [0.2, 0.25) is 5.91 Å². The largest absolute Gasteiger partial charge is 0.444 e. The second-order valence-corrected chi connectivity index (χ2v) is 15.6. The molecule has 3 saturated heterocycles. The number of benzene rings is 1. The molecule has 0 aliphatic carbocycles. The predicted octanol–water partition coefficient (Wildman–Crippen LogP) is 5.02. The molecule has 0 radical (unpaired) electrons. The van der Waals surface area contributed by atoms with E-state index >= 15 is 0 Å². The van der Waals surface area contributed by atoms with E-state index in [1.165, 1.54) is 0 Å². The maximum Gasteiger partial charge on any atom is 0.407 e. The van der Waals surface area contributed by atoms with Crippen molar-refractivity contribution in [1.82, 2.24) is 30.0 Å². The third-order valence-corrected chi connectivity index (χ3v) is 10.7. The first-order chi connectivity index (χ1) is 24.9. The van der Waals surface area contributed by atoms with Crippen LogP contribution >= 0.6 is 0 Å². The summed E-state index contributed by atoms with van der Waals surface area (Å²) in [6.07, 6.45) is 5.52. The fourth-order valence-electron chi connectivity index (χ4n) is 7.87. The van der Waals surface area contributed by atoms with Gasteiger partial charge in [-0.25, -0.2) is 24.3 Å². The van der Waals surface area contributed by atoms with Gasteiger partial charge in [0.15, 0.2) is 28.9 Å². The SMILES string of the molecule is [C-]#[N+]c1ccc2c(c1)N(CC(=O)N(C)C)CCN2c1nn(C2CCCCO2)c2nc(N3CCC4(CC3)CO[C@@H](C)[C@H]4NC(=O)OC(C)(C)C)cnc12. The number of aromatic nitrogens is 4. The molecule has 4 aliphatic rings. The summed E-state index contributed by atoms with van der Waals surface area (Å²) in [5.74, 6) is 1.43. The van der Waals surface area contributed by atoms with Crippen LogP contribution in [-0.2, 0) is 19.0 Å². The average Bonchev–Trinajstić information content (AvgIpc) is 3.64. The lowest BCUT2D eigenvalue weighted by molar-refractivity contribution is -0.127. The molecule has 52 heavy (non-hydrogen) atoms. The van der Waals surface area contributed by atoms with Crippen LogP contribution < -0.4 is 20.0 Å². The third-order valence-electron chi connectivity index (χ3n) is 10.7. The number of rotatable bonds is 6. The topological polar surface area (TPSA) is 135 Å². The predicted molar refractivity (Wildman–Crippen MR) is 197 cm³/mol. The first kappa shape index (κ1) is 35.7. The lowest BCUT2D eigenvalue weighted by atomic mass is 9.73. The monoisotopic (exact) mass is 714 g/mol. The fourth-order valence-corrected chi connectivity index (χ4v) is 7.87. The van der Waals surface area contributed by atoms with Crippen molar-refractivity contribution in [3.8, 4) is 0 Å². The highest BCUT2D eigenvalue weighted by Crippen LogP contribution is 2.45. The molecule has 7 rings (SSSR count). The summed E-state index contributed by atoms with van der Waals surface area (Å²) in [6.45, 7) is 19.3. The standard InChI is InChI=1S/C37H50N10O5/c1-24-32(41-35(49)52-36(2,3)4)37(23-51-24)13-15-44(16-14-37)28-21-39-31-33(40-28)47(30-10-8-9-19-50-30)42-34(31)46-18-17-45(22-29(48)43(6)7)27-20-25(38-5)11-12-26(27)46/h11-12,20-21,24,30,32H,8-10,13-19,22-23H2,1-4,6-7H3,(H,41,49)/t24-,30?,32+/m0/s1. The van der Waals surface area contributed by atoms with Gasteiger partial charge in [0.05, 0.1) is 49.4 Å². The number of carbonyl (C=O) groups is 2. The van der Waals surface area contributed by atoms with Crippen molar-refractivity contribution in [1.29, 1.82) is 0 Å². The van der Waals surface area contributed by atoms with E-state index in [2.05, 4.69) is 20.0 Å². The lowest BCUT2D eigenvalue weighted by Gasteiger charge is -2.42. The third kappa shape index (κ3) is 6.93. The van der Waals surface area contributed by atoms with Gasteiger partial charge in [-0.1, -0.05) is 6.07 Å². The number of nitrogens with zero attached hydrogens (tertiary/aromatic N) is 9. The number of anilines is 4. The van der Waals surface area contributed by atoms with Crippen molar-refractivity contribution in [3.05, 3.63) is 35.8 Å².